The fourth-order valence-corrected chi connectivity index (χ4v) is 3.13. The first kappa shape index (κ1) is 14.3. The van der Waals surface area contributed by atoms with Crippen LogP contribution in [-0.2, 0) is 5.33 Å². The van der Waals surface area contributed by atoms with E-state index in [1.54, 1.807) is 18.5 Å². The second-order valence-corrected chi connectivity index (χ2v) is 5.45. The van der Waals surface area contributed by atoms with Crippen molar-refractivity contribution in [3.8, 4) is 0 Å². The number of hydrogen-bond acceptors (Lipinski definition) is 4. The summed E-state index contributed by atoms with van der Waals surface area (Å²) in [6.07, 6.45) is 3.51. The zero-order chi connectivity index (χ0) is 14.7. The summed E-state index contributed by atoms with van der Waals surface area (Å²) in [5, 5.41) is 0.525. The Hall–Kier alpha value is -1.69. The van der Waals surface area contributed by atoms with E-state index in [4.69, 9.17) is 0 Å². The highest BCUT2D eigenvalue weighted by molar-refractivity contribution is 9.08. The minimum Gasteiger partial charge on any atom is -0.368 e. The maximum Gasteiger partial charge on any atom is 0.225 e. The molecule has 110 valence electrons. The standard InChI is InChI=1S/C15H16BrFN4/c16-11-12-13(17)3-1-4-14(12)20-7-9-21(10-8-20)15-18-5-2-6-19-15/h1-6H,7-11H2. The van der Waals surface area contributed by atoms with Gasteiger partial charge in [-0.15, -0.1) is 0 Å². The highest BCUT2D eigenvalue weighted by atomic mass is 79.9. The van der Waals surface area contributed by atoms with E-state index in [9.17, 15) is 4.39 Å². The first-order valence-corrected chi connectivity index (χ1v) is 8.02. The summed E-state index contributed by atoms with van der Waals surface area (Å²) in [4.78, 5) is 12.9. The highest BCUT2D eigenvalue weighted by Gasteiger charge is 2.21. The van der Waals surface area contributed by atoms with Gasteiger partial charge in [0.15, 0.2) is 0 Å². The third-order valence-corrected chi connectivity index (χ3v) is 4.24. The highest BCUT2D eigenvalue weighted by Crippen LogP contribution is 2.26. The van der Waals surface area contributed by atoms with Crippen molar-refractivity contribution in [3.63, 3.8) is 0 Å². The third-order valence-electron chi connectivity index (χ3n) is 3.68. The molecule has 0 spiro atoms. The van der Waals surface area contributed by atoms with Crippen molar-refractivity contribution < 1.29 is 4.39 Å². The van der Waals surface area contributed by atoms with E-state index in [-0.39, 0.29) is 5.82 Å². The Bertz CT molecular complexity index is 600. The smallest absolute Gasteiger partial charge is 0.225 e. The summed E-state index contributed by atoms with van der Waals surface area (Å²) >= 11 is 3.38. The fourth-order valence-electron chi connectivity index (χ4n) is 2.58. The van der Waals surface area contributed by atoms with Crippen molar-refractivity contribution in [2.75, 3.05) is 36.0 Å². The minimum absolute atomic E-state index is 0.154. The van der Waals surface area contributed by atoms with Gasteiger partial charge in [-0.3, -0.25) is 0 Å². The molecule has 3 rings (SSSR count). The molecule has 0 saturated carbocycles. The van der Waals surface area contributed by atoms with Gasteiger partial charge in [0.25, 0.3) is 0 Å². The van der Waals surface area contributed by atoms with E-state index < -0.39 is 0 Å². The summed E-state index contributed by atoms with van der Waals surface area (Å²) in [6.45, 7) is 3.34. The van der Waals surface area contributed by atoms with Crippen LogP contribution >= 0.6 is 15.9 Å². The van der Waals surface area contributed by atoms with Crippen molar-refractivity contribution in [1.82, 2.24) is 9.97 Å². The van der Waals surface area contributed by atoms with Crippen LogP contribution in [0.25, 0.3) is 0 Å². The molecule has 1 aromatic carbocycles. The van der Waals surface area contributed by atoms with Crippen molar-refractivity contribution in [3.05, 3.63) is 48.0 Å². The Morgan fingerprint density at radius 3 is 2.33 bits per heavy atom. The number of nitrogens with zero attached hydrogens (tertiary/aromatic N) is 4. The van der Waals surface area contributed by atoms with Gasteiger partial charge in [-0.2, -0.15) is 0 Å². The number of benzene rings is 1. The predicted octanol–water partition coefficient (Wildman–Crippen LogP) is 2.84. The number of rotatable bonds is 3. The maximum absolute atomic E-state index is 13.9. The quantitative estimate of drug-likeness (QED) is 0.796. The van der Waals surface area contributed by atoms with Crippen LogP contribution in [0.15, 0.2) is 36.7 Å². The van der Waals surface area contributed by atoms with E-state index in [1.165, 1.54) is 6.07 Å². The van der Waals surface area contributed by atoms with Gasteiger partial charge in [-0.25, -0.2) is 14.4 Å². The molecule has 0 amide bonds. The number of hydrogen-bond donors (Lipinski definition) is 0. The summed E-state index contributed by atoms with van der Waals surface area (Å²) in [6, 6.07) is 7.07. The maximum atomic E-state index is 13.9. The van der Waals surface area contributed by atoms with Gasteiger partial charge < -0.3 is 9.80 Å². The van der Waals surface area contributed by atoms with E-state index in [2.05, 4.69) is 35.7 Å². The van der Waals surface area contributed by atoms with Crippen LogP contribution in [0.5, 0.6) is 0 Å². The molecular weight excluding hydrogens is 335 g/mol. The molecule has 21 heavy (non-hydrogen) atoms. The van der Waals surface area contributed by atoms with E-state index in [0.717, 1.165) is 43.4 Å². The molecule has 0 N–H and O–H groups in total. The van der Waals surface area contributed by atoms with E-state index in [1.807, 2.05) is 12.1 Å². The van der Waals surface area contributed by atoms with Crippen molar-refractivity contribution in [2.24, 2.45) is 0 Å². The van der Waals surface area contributed by atoms with Crippen LogP contribution < -0.4 is 9.80 Å². The van der Waals surface area contributed by atoms with E-state index >= 15 is 0 Å². The molecule has 0 radical (unpaired) electrons. The molecule has 1 aliphatic rings. The summed E-state index contributed by atoms with van der Waals surface area (Å²) in [7, 11) is 0. The molecule has 0 unspecified atom stereocenters. The Labute approximate surface area is 131 Å². The Balaban J connectivity index is 1.73. The van der Waals surface area contributed by atoms with Crippen molar-refractivity contribution in [2.45, 2.75) is 5.33 Å². The molecule has 1 saturated heterocycles. The van der Waals surface area contributed by atoms with Crippen LogP contribution in [0, 0.1) is 5.82 Å². The zero-order valence-electron chi connectivity index (χ0n) is 11.5. The molecule has 1 aromatic heterocycles. The van der Waals surface area contributed by atoms with Gasteiger partial charge in [0.05, 0.1) is 0 Å². The minimum atomic E-state index is -0.154. The SMILES string of the molecule is Fc1cccc(N2CCN(c3ncccn3)CC2)c1CBr. The molecule has 4 nitrogen and oxygen atoms in total. The second kappa shape index (κ2) is 6.39. The first-order valence-electron chi connectivity index (χ1n) is 6.90. The fraction of sp³-hybridized carbons (Fsp3) is 0.333. The second-order valence-electron chi connectivity index (χ2n) is 4.89. The average Bonchev–Trinajstić information content (AvgIpc) is 2.55. The van der Waals surface area contributed by atoms with E-state index in [0.29, 0.717) is 5.33 Å². The van der Waals surface area contributed by atoms with Crippen molar-refractivity contribution in [1.29, 1.82) is 0 Å². The third kappa shape index (κ3) is 3.00. The van der Waals surface area contributed by atoms with Gasteiger partial charge >= 0.3 is 0 Å². The molecule has 6 heteroatoms. The molecule has 1 fully saturated rings. The topological polar surface area (TPSA) is 32.3 Å². The molecule has 2 aromatic rings. The van der Waals surface area contributed by atoms with Crippen molar-refractivity contribution >= 4 is 27.6 Å². The normalized spacial score (nSPS) is 15.3. The van der Waals surface area contributed by atoms with Crippen LogP contribution in [0.2, 0.25) is 0 Å². The molecule has 0 bridgehead atoms. The number of alkyl halides is 1. The lowest BCUT2D eigenvalue weighted by molar-refractivity contribution is 0.608. The lowest BCUT2D eigenvalue weighted by Crippen LogP contribution is -2.47. The van der Waals surface area contributed by atoms with Crippen LogP contribution in [0.3, 0.4) is 0 Å². The van der Waals surface area contributed by atoms with Gasteiger partial charge in [-0.1, -0.05) is 22.0 Å². The lowest BCUT2D eigenvalue weighted by Gasteiger charge is -2.36. The molecular formula is C15H16BrFN4. The number of halogens is 2. The number of piperazine rings is 1. The summed E-state index contributed by atoms with van der Waals surface area (Å²) in [5.74, 6) is 0.607. The summed E-state index contributed by atoms with van der Waals surface area (Å²) < 4.78 is 13.9. The van der Waals surface area contributed by atoms with Gasteiger partial charge in [0.2, 0.25) is 5.95 Å². The first-order chi connectivity index (χ1) is 10.3. The summed E-state index contributed by atoms with van der Waals surface area (Å²) in [5.41, 5.74) is 1.70. The Morgan fingerprint density at radius 1 is 1.00 bits per heavy atom. The molecule has 1 aliphatic heterocycles. The van der Waals surface area contributed by atoms with Gasteiger partial charge in [0, 0.05) is 55.2 Å². The average molecular weight is 351 g/mol. The largest absolute Gasteiger partial charge is 0.368 e. The predicted molar refractivity (Wildman–Crippen MR) is 85.5 cm³/mol. The number of aromatic nitrogens is 2. The Kier molecular flexibility index (Phi) is 4.34. The van der Waals surface area contributed by atoms with Crippen LogP contribution in [0.1, 0.15) is 5.56 Å². The van der Waals surface area contributed by atoms with Gasteiger partial charge in [0.1, 0.15) is 5.82 Å². The van der Waals surface area contributed by atoms with Crippen LogP contribution in [0.4, 0.5) is 16.0 Å². The monoisotopic (exact) mass is 350 g/mol. The van der Waals surface area contributed by atoms with Crippen LogP contribution in [-0.4, -0.2) is 36.1 Å². The molecule has 0 atom stereocenters. The number of anilines is 2. The van der Waals surface area contributed by atoms with Gasteiger partial charge in [-0.05, 0) is 18.2 Å². The Morgan fingerprint density at radius 2 is 1.67 bits per heavy atom. The molecule has 0 aliphatic carbocycles. The molecule has 2 heterocycles. The zero-order valence-corrected chi connectivity index (χ0v) is 13.1. The lowest BCUT2D eigenvalue weighted by atomic mass is 10.1.